The van der Waals surface area contributed by atoms with Gasteiger partial charge >= 0.3 is 0 Å². The van der Waals surface area contributed by atoms with Gasteiger partial charge in [-0.1, -0.05) is 6.92 Å². The van der Waals surface area contributed by atoms with Gasteiger partial charge in [-0.05, 0) is 31.4 Å². The molecule has 0 spiro atoms. The lowest BCUT2D eigenvalue weighted by molar-refractivity contribution is -0.121. The first kappa shape index (κ1) is 13.7. The van der Waals surface area contributed by atoms with E-state index in [1.807, 2.05) is 19.3 Å². The molecule has 0 saturated carbocycles. The van der Waals surface area contributed by atoms with Crippen molar-refractivity contribution in [2.24, 2.45) is 18.7 Å². The number of nitrogens with zero attached hydrogens (tertiary/aromatic N) is 2. The Hall–Kier alpha value is -1.36. The Morgan fingerprint density at radius 1 is 1.59 bits per heavy atom. The maximum atomic E-state index is 11.6. The fourth-order valence-corrected chi connectivity index (χ4v) is 1.64. The predicted octanol–water partition coefficient (Wildman–Crippen LogP) is 0.801. The highest BCUT2D eigenvalue weighted by molar-refractivity contribution is 5.75. The Morgan fingerprint density at radius 3 is 2.94 bits per heavy atom. The van der Waals surface area contributed by atoms with Crippen molar-refractivity contribution in [1.29, 1.82) is 0 Å². The smallest absolute Gasteiger partial charge is 0.220 e. The number of aryl methyl sites for hydroxylation is 1. The molecule has 0 saturated heterocycles. The van der Waals surface area contributed by atoms with E-state index >= 15 is 0 Å². The van der Waals surface area contributed by atoms with E-state index in [-0.39, 0.29) is 5.91 Å². The van der Waals surface area contributed by atoms with Gasteiger partial charge in [0.25, 0.3) is 0 Å². The Labute approximate surface area is 102 Å². The van der Waals surface area contributed by atoms with Gasteiger partial charge < -0.3 is 11.1 Å². The quantitative estimate of drug-likeness (QED) is 0.738. The number of hydrogen-bond acceptors (Lipinski definition) is 3. The van der Waals surface area contributed by atoms with Gasteiger partial charge in [-0.25, -0.2) is 0 Å². The zero-order valence-electron chi connectivity index (χ0n) is 10.6. The zero-order valence-corrected chi connectivity index (χ0v) is 10.6. The summed E-state index contributed by atoms with van der Waals surface area (Å²) in [6.07, 6.45) is 4.30. The van der Waals surface area contributed by atoms with Gasteiger partial charge in [-0.2, -0.15) is 5.10 Å². The monoisotopic (exact) mass is 238 g/mol. The average molecular weight is 238 g/mol. The Kier molecular flexibility index (Phi) is 5.69. The number of nitrogens with two attached hydrogens (primary N) is 1. The number of carbonyl (C=O) groups is 1. The number of amides is 1. The summed E-state index contributed by atoms with van der Waals surface area (Å²) in [5.41, 5.74) is 6.35. The third kappa shape index (κ3) is 5.49. The first-order valence-electron chi connectivity index (χ1n) is 6.07. The van der Waals surface area contributed by atoms with Gasteiger partial charge in [-0.3, -0.25) is 9.48 Å². The molecular weight excluding hydrogens is 216 g/mol. The Morgan fingerprint density at radius 2 is 2.35 bits per heavy atom. The molecule has 96 valence electrons. The van der Waals surface area contributed by atoms with Crippen LogP contribution in [0, 0.1) is 5.92 Å². The van der Waals surface area contributed by atoms with Crippen LogP contribution in [-0.4, -0.2) is 22.2 Å². The average Bonchev–Trinajstić information content (AvgIpc) is 2.70. The molecule has 0 radical (unpaired) electrons. The molecule has 5 heteroatoms. The molecule has 1 aromatic rings. The van der Waals surface area contributed by atoms with Crippen LogP contribution < -0.4 is 11.1 Å². The lowest BCUT2D eigenvalue weighted by Gasteiger charge is -2.09. The molecule has 0 aromatic carbocycles. The maximum absolute atomic E-state index is 11.6. The highest BCUT2D eigenvalue weighted by Gasteiger charge is 2.06. The summed E-state index contributed by atoms with van der Waals surface area (Å²) in [7, 11) is 1.86. The second-order valence-corrected chi connectivity index (χ2v) is 4.48. The van der Waals surface area contributed by atoms with E-state index in [1.54, 1.807) is 4.68 Å². The van der Waals surface area contributed by atoms with Crippen LogP contribution in [0.2, 0.25) is 0 Å². The third-order valence-electron chi connectivity index (χ3n) is 2.76. The van der Waals surface area contributed by atoms with Crippen molar-refractivity contribution >= 4 is 5.91 Å². The topological polar surface area (TPSA) is 72.9 Å². The van der Waals surface area contributed by atoms with Crippen molar-refractivity contribution in [1.82, 2.24) is 15.1 Å². The Bertz CT molecular complexity index is 348. The van der Waals surface area contributed by atoms with E-state index in [0.717, 1.165) is 18.5 Å². The molecule has 1 amide bonds. The summed E-state index contributed by atoms with van der Waals surface area (Å²) in [6, 6.07) is 1.90. The van der Waals surface area contributed by atoms with Crippen LogP contribution in [0.5, 0.6) is 0 Å². The van der Waals surface area contributed by atoms with Gasteiger partial charge in [0.05, 0.1) is 12.2 Å². The molecule has 1 rings (SSSR count). The van der Waals surface area contributed by atoms with E-state index in [4.69, 9.17) is 5.73 Å². The van der Waals surface area contributed by atoms with Crippen LogP contribution in [0.15, 0.2) is 12.3 Å². The van der Waals surface area contributed by atoms with Gasteiger partial charge in [0.15, 0.2) is 0 Å². The van der Waals surface area contributed by atoms with E-state index < -0.39 is 0 Å². The van der Waals surface area contributed by atoms with Gasteiger partial charge in [-0.15, -0.1) is 0 Å². The van der Waals surface area contributed by atoms with Crippen LogP contribution >= 0.6 is 0 Å². The van der Waals surface area contributed by atoms with Gasteiger partial charge in [0.1, 0.15) is 0 Å². The molecule has 0 aliphatic heterocycles. The number of rotatable bonds is 7. The molecule has 0 aliphatic rings. The van der Waals surface area contributed by atoms with E-state index in [2.05, 4.69) is 17.3 Å². The minimum absolute atomic E-state index is 0.0829. The fraction of sp³-hybridized carbons (Fsp3) is 0.667. The van der Waals surface area contributed by atoms with E-state index in [9.17, 15) is 4.79 Å². The van der Waals surface area contributed by atoms with Crippen molar-refractivity contribution in [3.63, 3.8) is 0 Å². The van der Waals surface area contributed by atoms with Crippen molar-refractivity contribution in [3.8, 4) is 0 Å². The second-order valence-electron chi connectivity index (χ2n) is 4.48. The molecule has 1 aromatic heterocycles. The van der Waals surface area contributed by atoms with Crippen molar-refractivity contribution in [2.75, 3.05) is 6.54 Å². The van der Waals surface area contributed by atoms with E-state index in [0.29, 0.717) is 25.4 Å². The summed E-state index contributed by atoms with van der Waals surface area (Å²) in [6.45, 7) is 3.32. The SMILES string of the molecule is CC(CCN)CCC(=O)NCc1ccn(C)n1. The summed E-state index contributed by atoms with van der Waals surface area (Å²) in [5.74, 6) is 0.597. The minimum Gasteiger partial charge on any atom is -0.350 e. The third-order valence-corrected chi connectivity index (χ3v) is 2.76. The molecule has 17 heavy (non-hydrogen) atoms. The molecule has 0 fully saturated rings. The van der Waals surface area contributed by atoms with E-state index in [1.165, 1.54) is 0 Å². The highest BCUT2D eigenvalue weighted by Crippen LogP contribution is 2.08. The standard InChI is InChI=1S/C12H22N4O/c1-10(5-7-13)3-4-12(17)14-9-11-6-8-16(2)15-11/h6,8,10H,3-5,7,9,13H2,1-2H3,(H,14,17). The molecule has 0 bridgehead atoms. The van der Waals surface area contributed by atoms with Crippen LogP contribution in [0.3, 0.4) is 0 Å². The molecule has 0 aliphatic carbocycles. The lowest BCUT2D eigenvalue weighted by atomic mass is 10.0. The lowest BCUT2D eigenvalue weighted by Crippen LogP contribution is -2.23. The maximum Gasteiger partial charge on any atom is 0.220 e. The summed E-state index contributed by atoms with van der Waals surface area (Å²) < 4.78 is 1.73. The molecule has 3 N–H and O–H groups in total. The molecule has 5 nitrogen and oxygen atoms in total. The van der Waals surface area contributed by atoms with Gasteiger partial charge in [0.2, 0.25) is 5.91 Å². The van der Waals surface area contributed by atoms with Crippen LogP contribution in [0.4, 0.5) is 0 Å². The molecule has 1 atom stereocenters. The van der Waals surface area contributed by atoms with Crippen molar-refractivity contribution in [2.45, 2.75) is 32.7 Å². The second kappa shape index (κ2) is 7.06. The summed E-state index contributed by atoms with van der Waals surface area (Å²) in [5, 5.41) is 7.06. The predicted molar refractivity (Wildman–Crippen MR) is 67.1 cm³/mol. The normalized spacial score (nSPS) is 12.4. The van der Waals surface area contributed by atoms with Crippen molar-refractivity contribution in [3.05, 3.63) is 18.0 Å². The zero-order chi connectivity index (χ0) is 12.7. The number of carbonyl (C=O) groups excluding carboxylic acids is 1. The van der Waals surface area contributed by atoms with Crippen LogP contribution in [0.25, 0.3) is 0 Å². The molecule has 1 heterocycles. The highest BCUT2D eigenvalue weighted by atomic mass is 16.1. The number of nitrogens with one attached hydrogen (secondary N) is 1. The first-order valence-corrected chi connectivity index (χ1v) is 6.07. The Balaban J connectivity index is 2.17. The van der Waals surface area contributed by atoms with Crippen LogP contribution in [0.1, 0.15) is 31.9 Å². The molecule has 1 unspecified atom stereocenters. The largest absolute Gasteiger partial charge is 0.350 e. The summed E-state index contributed by atoms with van der Waals surface area (Å²) in [4.78, 5) is 11.6. The first-order chi connectivity index (χ1) is 8.11. The van der Waals surface area contributed by atoms with Crippen LogP contribution in [-0.2, 0) is 18.4 Å². The number of aromatic nitrogens is 2. The minimum atomic E-state index is 0.0829. The fourth-order valence-electron chi connectivity index (χ4n) is 1.64. The van der Waals surface area contributed by atoms with Gasteiger partial charge in [0, 0.05) is 19.7 Å². The summed E-state index contributed by atoms with van der Waals surface area (Å²) >= 11 is 0. The number of hydrogen-bond donors (Lipinski definition) is 2. The van der Waals surface area contributed by atoms with Crippen molar-refractivity contribution < 1.29 is 4.79 Å². The molecular formula is C12H22N4O.